The van der Waals surface area contributed by atoms with Gasteiger partial charge in [0.2, 0.25) is 5.88 Å². The standard InChI is InChI=1S/C18H18N2O6S/c1-25-13-4-6-14(7-5-13)27(23,24)20-11-12(3-8-18(21)22)15-10-19-17(26-2)9-16(15)20/h4-7,9-11H,3,8H2,1-2H3,(H,21,22). The van der Waals surface area contributed by atoms with Crippen LogP contribution in [0.15, 0.2) is 47.6 Å². The summed E-state index contributed by atoms with van der Waals surface area (Å²) in [5.74, 6) is -0.161. The number of carbonyl (C=O) groups is 1. The fourth-order valence-electron chi connectivity index (χ4n) is 2.75. The Labute approximate surface area is 156 Å². The van der Waals surface area contributed by atoms with Crippen LogP contribution < -0.4 is 9.47 Å². The van der Waals surface area contributed by atoms with Gasteiger partial charge in [-0.05, 0) is 36.2 Å². The summed E-state index contributed by atoms with van der Waals surface area (Å²) < 4.78 is 37.6. The van der Waals surface area contributed by atoms with Crippen molar-refractivity contribution in [2.75, 3.05) is 14.2 Å². The smallest absolute Gasteiger partial charge is 0.303 e. The van der Waals surface area contributed by atoms with Crippen LogP contribution in [0.25, 0.3) is 10.9 Å². The number of fused-ring (bicyclic) bond motifs is 1. The fourth-order valence-corrected chi connectivity index (χ4v) is 4.13. The predicted molar refractivity (Wildman–Crippen MR) is 97.8 cm³/mol. The Balaban J connectivity index is 2.17. The topological polar surface area (TPSA) is 108 Å². The molecule has 0 bridgehead atoms. The molecule has 0 atom stereocenters. The molecule has 3 rings (SSSR count). The van der Waals surface area contributed by atoms with Crippen molar-refractivity contribution >= 4 is 26.9 Å². The number of benzene rings is 1. The molecule has 3 aromatic rings. The normalized spacial score (nSPS) is 11.5. The minimum atomic E-state index is -3.90. The summed E-state index contributed by atoms with van der Waals surface area (Å²) in [4.78, 5) is 15.1. The molecule has 0 spiro atoms. The summed E-state index contributed by atoms with van der Waals surface area (Å²) in [5.41, 5.74) is 0.956. The molecule has 0 aliphatic heterocycles. The molecule has 142 valence electrons. The quantitative estimate of drug-likeness (QED) is 0.659. The molecule has 2 heterocycles. The second-order valence-electron chi connectivity index (χ2n) is 5.77. The van der Waals surface area contributed by atoms with Gasteiger partial charge in [-0.3, -0.25) is 4.79 Å². The summed E-state index contributed by atoms with van der Waals surface area (Å²) in [7, 11) is -0.971. The molecule has 1 N–H and O–H groups in total. The molecule has 0 aliphatic rings. The number of aromatic nitrogens is 2. The Morgan fingerprint density at radius 2 is 1.89 bits per heavy atom. The first-order chi connectivity index (χ1) is 12.9. The number of carboxylic acids is 1. The van der Waals surface area contributed by atoms with Crippen LogP contribution in [0.3, 0.4) is 0 Å². The number of methoxy groups -OCH3 is 2. The van der Waals surface area contributed by atoms with Gasteiger partial charge in [0.1, 0.15) is 5.75 Å². The van der Waals surface area contributed by atoms with E-state index in [4.69, 9.17) is 14.6 Å². The van der Waals surface area contributed by atoms with Crippen LogP contribution >= 0.6 is 0 Å². The molecule has 0 fully saturated rings. The summed E-state index contributed by atoms with van der Waals surface area (Å²) in [6.45, 7) is 0. The van der Waals surface area contributed by atoms with Gasteiger partial charge in [-0.15, -0.1) is 0 Å². The Kier molecular flexibility index (Phi) is 5.04. The van der Waals surface area contributed by atoms with E-state index in [-0.39, 0.29) is 23.6 Å². The molecule has 8 nitrogen and oxygen atoms in total. The van der Waals surface area contributed by atoms with Crippen molar-refractivity contribution in [1.29, 1.82) is 0 Å². The van der Waals surface area contributed by atoms with Crippen LogP contribution in [-0.2, 0) is 21.2 Å². The highest BCUT2D eigenvalue weighted by molar-refractivity contribution is 7.90. The van der Waals surface area contributed by atoms with Gasteiger partial charge in [-0.1, -0.05) is 0 Å². The molecule has 0 amide bonds. The molecule has 27 heavy (non-hydrogen) atoms. The van der Waals surface area contributed by atoms with E-state index in [2.05, 4.69) is 4.98 Å². The highest BCUT2D eigenvalue weighted by Gasteiger charge is 2.22. The number of carboxylic acid groups (broad SMARTS) is 1. The van der Waals surface area contributed by atoms with Crippen LogP contribution in [0.4, 0.5) is 0 Å². The zero-order valence-corrected chi connectivity index (χ0v) is 15.6. The van der Waals surface area contributed by atoms with Crippen LogP contribution in [0.1, 0.15) is 12.0 Å². The largest absolute Gasteiger partial charge is 0.497 e. The number of aryl methyl sites for hydroxylation is 1. The first kappa shape index (κ1) is 18.7. The Morgan fingerprint density at radius 3 is 2.48 bits per heavy atom. The summed E-state index contributed by atoms with van der Waals surface area (Å²) in [5, 5.41) is 9.51. The molecule has 0 saturated carbocycles. The van der Waals surface area contributed by atoms with Crippen molar-refractivity contribution in [3.05, 3.63) is 48.3 Å². The first-order valence-corrected chi connectivity index (χ1v) is 9.46. The van der Waals surface area contributed by atoms with Gasteiger partial charge in [0, 0.05) is 30.3 Å². The predicted octanol–water partition coefficient (Wildman–Crippen LogP) is 2.31. The average molecular weight is 390 g/mol. The monoisotopic (exact) mass is 390 g/mol. The number of aliphatic carboxylic acids is 1. The average Bonchev–Trinajstić information content (AvgIpc) is 3.05. The van der Waals surface area contributed by atoms with Crippen molar-refractivity contribution in [3.8, 4) is 11.6 Å². The van der Waals surface area contributed by atoms with E-state index in [1.165, 1.54) is 44.8 Å². The third-order valence-corrected chi connectivity index (χ3v) is 5.83. The van der Waals surface area contributed by atoms with E-state index in [1.54, 1.807) is 12.1 Å². The van der Waals surface area contributed by atoms with E-state index in [9.17, 15) is 13.2 Å². The maximum absolute atomic E-state index is 13.1. The number of pyridine rings is 1. The molecular weight excluding hydrogens is 372 g/mol. The van der Waals surface area contributed by atoms with Crippen LogP contribution in [-0.4, -0.2) is 42.7 Å². The lowest BCUT2D eigenvalue weighted by molar-refractivity contribution is -0.136. The molecule has 9 heteroatoms. The Hall–Kier alpha value is -3.07. The molecular formula is C18H18N2O6S. The van der Waals surface area contributed by atoms with Crippen LogP contribution in [0.2, 0.25) is 0 Å². The molecule has 0 aliphatic carbocycles. The van der Waals surface area contributed by atoms with Crippen molar-refractivity contribution in [2.45, 2.75) is 17.7 Å². The lowest BCUT2D eigenvalue weighted by atomic mass is 10.1. The van der Waals surface area contributed by atoms with E-state index in [1.807, 2.05) is 0 Å². The second kappa shape index (κ2) is 7.28. The first-order valence-electron chi connectivity index (χ1n) is 8.02. The van der Waals surface area contributed by atoms with Gasteiger partial charge >= 0.3 is 5.97 Å². The van der Waals surface area contributed by atoms with Gasteiger partial charge < -0.3 is 14.6 Å². The van der Waals surface area contributed by atoms with Crippen LogP contribution in [0.5, 0.6) is 11.6 Å². The lowest BCUT2D eigenvalue weighted by Gasteiger charge is -2.09. The molecule has 0 radical (unpaired) electrons. The van der Waals surface area contributed by atoms with Crippen molar-refractivity contribution in [1.82, 2.24) is 8.96 Å². The summed E-state index contributed by atoms with van der Waals surface area (Å²) in [6, 6.07) is 7.55. The SMILES string of the molecule is COc1ccc(S(=O)(=O)n2cc(CCC(=O)O)c3cnc(OC)cc32)cc1. The van der Waals surface area contributed by atoms with Crippen molar-refractivity contribution in [2.24, 2.45) is 0 Å². The molecule has 0 saturated heterocycles. The number of rotatable bonds is 7. The fraction of sp³-hybridized carbons (Fsp3) is 0.222. The molecule has 1 aromatic carbocycles. The van der Waals surface area contributed by atoms with Gasteiger partial charge in [-0.2, -0.15) is 0 Å². The van der Waals surface area contributed by atoms with Crippen LogP contribution in [0, 0.1) is 0 Å². The van der Waals surface area contributed by atoms with Gasteiger partial charge in [0.05, 0.1) is 24.6 Å². The third kappa shape index (κ3) is 3.59. The molecule has 0 unspecified atom stereocenters. The van der Waals surface area contributed by atoms with Gasteiger partial charge in [0.25, 0.3) is 10.0 Å². The Morgan fingerprint density at radius 1 is 1.19 bits per heavy atom. The maximum atomic E-state index is 13.1. The lowest BCUT2D eigenvalue weighted by Crippen LogP contribution is -2.12. The number of hydrogen-bond donors (Lipinski definition) is 1. The second-order valence-corrected chi connectivity index (χ2v) is 7.58. The zero-order valence-electron chi connectivity index (χ0n) is 14.7. The maximum Gasteiger partial charge on any atom is 0.303 e. The highest BCUT2D eigenvalue weighted by Crippen LogP contribution is 2.29. The highest BCUT2D eigenvalue weighted by atomic mass is 32.2. The minimum Gasteiger partial charge on any atom is -0.497 e. The Bertz CT molecular complexity index is 1090. The zero-order chi connectivity index (χ0) is 19.6. The third-order valence-electron chi connectivity index (χ3n) is 4.15. The number of nitrogens with zero attached hydrogens (tertiary/aromatic N) is 2. The van der Waals surface area contributed by atoms with E-state index in [0.717, 1.165) is 3.97 Å². The molecule has 2 aromatic heterocycles. The summed E-state index contributed by atoms with van der Waals surface area (Å²) in [6.07, 6.45) is 3.00. The van der Waals surface area contributed by atoms with E-state index >= 15 is 0 Å². The van der Waals surface area contributed by atoms with Crippen molar-refractivity contribution < 1.29 is 27.8 Å². The minimum absolute atomic E-state index is 0.0840. The summed E-state index contributed by atoms with van der Waals surface area (Å²) >= 11 is 0. The number of ether oxygens (including phenoxy) is 2. The van der Waals surface area contributed by atoms with Gasteiger partial charge in [-0.25, -0.2) is 17.4 Å². The van der Waals surface area contributed by atoms with E-state index in [0.29, 0.717) is 22.2 Å². The van der Waals surface area contributed by atoms with Crippen molar-refractivity contribution in [3.63, 3.8) is 0 Å². The van der Waals surface area contributed by atoms with Gasteiger partial charge in [0.15, 0.2) is 0 Å². The number of hydrogen-bond acceptors (Lipinski definition) is 6. The van der Waals surface area contributed by atoms with E-state index < -0.39 is 16.0 Å².